The molecule has 8 nitrogen and oxygen atoms in total. The highest BCUT2D eigenvalue weighted by molar-refractivity contribution is 7.51. The molecule has 2 atom stereocenters. The number of rotatable bonds is 4. The maximum Gasteiger partial charge on any atom is 0.327 e. The summed E-state index contributed by atoms with van der Waals surface area (Å²) in [5.74, 6) is 0.0888. The van der Waals surface area contributed by atoms with Crippen LogP contribution >= 0.6 is 7.60 Å². The molecule has 14 heavy (non-hydrogen) atoms. The van der Waals surface area contributed by atoms with E-state index in [-0.39, 0.29) is 5.82 Å². The van der Waals surface area contributed by atoms with Gasteiger partial charge >= 0.3 is 7.60 Å². The highest BCUT2D eigenvalue weighted by Crippen LogP contribution is 2.36. The summed E-state index contributed by atoms with van der Waals surface area (Å²) < 4.78 is 10.6. The largest absolute Gasteiger partial charge is 0.383 e. The molecule has 0 aliphatic rings. The Kier molecular flexibility index (Phi) is 3.35. The minimum Gasteiger partial charge on any atom is -0.383 e. The molecule has 6 N–H and O–H groups in total. The van der Waals surface area contributed by atoms with Crippen LogP contribution in [0.2, 0.25) is 0 Å². The van der Waals surface area contributed by atoms with Crippen molar-refractivity contribution in [3.05, 3.63) is 12.2 Å². The second-order valence-electron chi connectivity index (χ2n) is 2.83. The quantitative estimate of drug-likeness (QED) is 0.383. The lowest BCUT2D eigenvalue weighted by molar-refractivity contribution is 0.142. The van der Waals surface area contributed by atoms with E-state index in [1.165, 1.54) is 6.33 Å². The topological polar surface area (TPSA) is 145 Å². The zero-order valence-electron chi connectivity index (χ0n) is 7.11. The molecule has 1 aromatic rings. The lowest BCUT2D eigenvalue weighted by Crippen LogP contribution is -2.32. The maximum absolute atomic E-state index is 10.6. The Bertz CT molecular complexity index is 322. The average Bonchev–Trinajstić information content (AvgIpc) is 2.51. The fourth-order valence-electron chi connectivity index (χ4n) is 0.935. The van der Waals surface area contributed by atoms with Crippen molar-refractivity contribution in [1.82, 2.24) is 15.2 Å². The number of aromatic nitrogens is 3. The number of aliphatic hydroxyl groups excluding tert-OH is 1. The summed E-state index contributed by atoms with van der Waals surface area (Å²) in [6.07, 6.45) is -0.692. The van der Waals surface area contributed by atoms with Gasteiger partial charge in [-0.1, -0.05) is 0 Å². The van der Waals surface area contributed by atoms with Gasteiger partial charge in [0.25, 0.3) is 0 Å². The van der Waals surface area contributed by atoms with Crippen molar-refractivity contribution in [3.63, 3.8) is 0 Å². The molecule has 0 aromatic carbocycles. The van der Waals surface area contributed by atoms with Gasteiger partial charge in [-0.2, -0.15) is 5.10 Å². The zero-order chi connectivity index (χ0) is 10.8. The Balaban J connectivity index is 2.62. The van der Waals surface area contributed by atoms with E-state index in [0.29, 0.717) is 0 Å². The van der Waals surface area contributed by atoms with Crippen LogP contribution in [0.25, 0.3) is 0 Å². The predicted molar refractivity (Wildman–Crippen MR) is 46.2 cm³/mol. The lowest BCUT2D eigenvalue weighted by atomic mass is 10.2. The van der Waals surface area contributed by atoms with Crippen LogP contribution in [0.3, 0.4) is 0 Å². The molecule has 0 spiro atoms. The molecule has 0 saturated heterocycles. The highest BCUT2D eigenvalue weighted by Gasteiger charge is 2.26. The van der Waals surface area contributed by atoms with Crippen molar-refractivity contribution >= 4 is 7.60 Å². The molecule has 1 heterocycles. The molecule has 1 aromatic heterocycles. The summed E-state index contributed by atoms with van der Waals surface area (Å²) in [4.78, 5) is 20.8. The zero-order valence-corrected chi connectivity index (χ0v) is 8.00. The molecule has 0 bridgehead atoms. The van der Waals surface area contributed by atoms with Gasteiger partial charge in [0.05, 0.1) is 6.16 Å². The van der Waals surface area contributed by atoms with Crippen LogP contribution in [0.5, 0.6) is 0 Å². The number of hydrogen-bond acceptors (Lipinski definition) is 5. The Morgan fingerprint density at radius 3 is 2.71 bits per heavy atom. The number of nitrogens with zero attached hydrogens (tertiary/aromatic N) is 2. The van der Waals surface area contributed by atoms with E-state index in [4.69, 9.17) is 15.5 Å². The predicted octanol–water partition coefficient (Wildman–Crippen LogP) is -1.66. The number of aromatic amines is 1. The van der Waals surface area contributed by atoms with E-state index in [1.807, 2.05) is 0 Å². The molecule has 0 saturated carbocycles. The molecule has 0 aliphatic carbocycles. The SMILES string of the molecule is N[C@@H](CP(=O)(O)O)[C@H](O)c1ncn[nH]1. The molecule has 1 rings (SSSR count). The van der Waals surface area contributed by atoms with Crippen LogP contribution in [0.4, 0.5) is 0 Å². The Hall–Kier alpha value is -0.790. The van der Waals surface area contributed by atoms with Crippen molar-refractivity contribution in [1.29, 1.82) is 0 Å². The molecule has 0 radical (unpaired) electrons. The average molecular weight is 222 g/mol. The first-order valence-corrected chi connectivity index (χ1v) is 5.53. The van der Waals surface area contributed by atoms with Crippen molar-refractivity contribution in [3.8, 4) is 0 Å². The normalized spacial score (nSPS) is 16.6. The minimum absolute atomic E-state index is 0.0888. The molecule has 0 amide bonds. The van der Waals surface area contributed by atoms with E-state index in [1.54, 1.807) is 0 Å². The van der Waals surface area contributed by atoms with Gasteiger partial charge < -0.3 is 20.6 Å². The summed E-state index contributed by atoms with van der Waals surface area (Å²) in [7, 11) is -4.22. The van der Waals surface area contributed by atoms with Gasteiger partial charge in [0.1, 0.15) is 12.4 Å². The molecule has 9 heteroatoms. The molecule has 0 unspecified atom stereocenters. The number of aliphatic hydroxyl groups is 1. The van der Waals surface area contributed by atoms with E-state index < -0.39 is 25.9 Å². The third kappa shape index (κ3) is 3.17. The summed E-state index contributed by atoms with van der Waals surface area (Å²) in [5.41, 5.74) is 5.36. The summed E-state index contributed by atoms with van der Waals surface area (Å²) in [6.45, 7) is 0. The maximum atomic E-state index is 10.6. The standard InChI is InChI=1S/C5H11N4O4P/c6-3(1-14(11,12)13)4(10)5-7-2-8-9-5/h2-4,10H,1,6H2,(H,7,8,9)(H2,11,12,13)/t3-,4-/m0/s1. The smallest absolute Gasteiger partial charge is 0.327 e. The Morgan fingerprint density at radius 2 is 2.29 bits per heavy atom. The number of H-pyrrole nitrogens is 1. The van der Waals surface area contributed by atoms with Gasteiger partial charge in [-0.25, -0.2) is 4.98 Å². The second kappa shape index (κ2) is 4.16. The van der Waals surface area contributed by atoms with Crippen molar-refractivity contribution < 1.29 is 19.5 Å². The molecular weight excluding hydrogens is 211 g/mol. The van der Waals surface area contributed by atoms with Gasteiger partial charge in [0.2, 0.25) is 0 Å². The summed E-state index contributed by atoms with van der Waals surface area (Å²) in [5, 5.41) is 15.3. The molecule has 80 valence electrons. The number of nitrogens with one attached hydrogen (secondary N) is 1. The molecule has 0 aliphatic heterocycles. The summed E-state index contributed by atoms with van der Waals surface area (Å²) >= 11 is 0. The Labute approximate surface area is 79.3 Å². The third-order valence-corrected chi connectivity index (χ3v) is 2.47. The third-order valence-electron chi connectivity index (χ3n) is 1.57. The van der Waals surface area contributed by atoms with Gasteiger partial charge in [-0.3, -0.25) is 9.66 Å². The van der Waals surface area contributed by atoms with Crippen LogP contribution in [0, 0.1) is 0 Å². The van der Waals surface area contributed by atoms with E-state index in [9.17, 15) is 9.67 Å². The van der Waals surface area contributed by atoms with Crippen LogP contribution in [0.15, 0.2) is 6.33 Å². The minimum atomic E-state index is -4.22. The van der Waals surface area contributed by atoms with Crippen molar-refractivity contribution in [2.24, 2.45) is 5.73 Å². The van der Waals surface area contributed by atoms with Gasteiger partial charge in [-0.15, -0.1) is 0 Å². The number of hydrogen-bond donors (Lipinski definition) is 5. The first-order chi connectivity index (χ1) is 6.40. The fourth-order valence-corrected chi connectivity index (χ4v) is 1.68. The lowest BCUT2D eigenvalue weighted by Gasteiger charge is -2.16. The van der Waals surface area contributed by atoms with E-state index in [0.717, 1.165) is 0 Å². The fraction of sp³-hybridized carbons (Fsp3) is 0.600. The first kappa shape index (κ1) is 11.3. The van der Waals surface area contributed by atoms with Crippen molar-refractivity contribution in [2.45, 2.75) is 12.1 Å². The van der Waals surface area contributed by atoms with E-state index in [2.05, 4.69) is 15.2 Å². The number of nitrogens with two attached hydrogens (primary N) is 1. The summed E-state index contributed by atoms with van der Waals surface area (Å²) in [6, 6.07) is -1.08. The molecular formula is C5H11N4O4P. The highest BCUT2D eigenvalue weighted by atomic mass is 31.2. The van der Waals surface area contributed by atoms with Crippen molar-refractivity contribution in [2.75, 3.05) is 6.16 Å². The monoisotopic (exact) mass is 222 g/mol. The Morgan fingerprint density at radius 1 is 1.64 bits per heavy atom. The second-order valence-corrected chi connectivity index (χ2v) is 4.52. The van der Waals surface area contributed by atoms with Gasteiger partial charge in [0, 0.05) is 6.04 Å². The van der Waals surface area contributed by atoms with Crippen LogP contribution in [-0.2, 0) is 4.57 Å². The van der Waals surface area contributed by atoms with Gasteiger partial charge in [0.15, 0.2) is 5.82 Å². The van der Waals surface area contributed by atoms with Crippen LogP contribution < -0.4 is 5.73 Å². The van der Waals surface area contributed by atoms with Gasteiger partial charge in [-0.05, 0) is 0 Å². The first-order valence-electron chi connectivity index (χ1n) is 3.73. The van der Waals surface area contributed by atoms with Crippen LogP contribution in [-0.4, -0.2) is 42.3 Å². The molecule has 0 fully saturated rings. The van der Waals surface area contributed by atoms with Crippen LogP contribution in [0.1, 0.15) is 11.9 Å². The van der Waals surface area contributed by atoms with E-state index >= 15 is 0 Å².